The number of thioether (sulfide) groups is 1. The molecule has 28 heavy (non-hydrogen) atoms. The molecule has 0 unspecified atom stereocenters. The first-order valence-electron chi connectivity index (χ1n) is 9.88. The lowest BCUT2D eigenvalue weighted by Crippen LogP contribution is -2.15. The topological polar surface area (TPSA) is 60.7 Å². The zero-order chi connectivity index (χ0) is 19.1. The van der Waals surface area contributed by atoms with Crippen molar-refractivity contribution in [1.82, 2.24) is 19.7 Å². The monoisotopic (exact) mass is 390 g/mol. The molecule has 0 radical (unpaired) electrons. The Morgan fingerprint density at radius 2 is 1.89 bits per heavy atom. The molecule has 2 aliphatic carbocycles. The van der Waals surface area contributed by atoms with E-state index in [2.05, 4.69) is 31.9 Å². The van der Waals surface area contributed by atoms with Crippen molar-refractivity contribution in [2.75, 3.05) is 0 Å². The number of Topliss-reactive ketones (excluding diaryl/α,β-unsaturated/α-hetero) is 1. The third-order valence-corrected chi connectivity index (χ3v) is 6.61. The summed E-state index contributed by atoms with van der Waals surface area (Å²) in [6.07, 6.45) is 9.23. The number of pyridine rings is 1. The van der Waals surface area contributed by atoms with Gasteiger partial charge in [-0.15, -0.1) is 10.2 Å². The number of aromatic nitrogens is 4. The van der Waals surface area contributed by atoms with Crippen LogP contribution in [0.2, 0.25) is 0 Å². The molecule has 142 valence electrons. The average molecular weight is 391 g/mol. The number of ketones is 1. The van der Waals surface area contributed by atoms with Crippen molar-refractivity contribution in [3.05, 3.63) is 59.4 Å². The zero-order valence-electron chi connectivity index (χ0n) is 15.8. The summed E-state index contributed by atoms with van der Waals surface area (Å²) in [5, 5.41) is 9.49. The van der Waals surface area contributed by atoms with E-state index in [1.807, 2.05) is 25.1 Å². The predicted octanol–water partition coefficient (Wildman–Crippen LogP) is 4.53. The number of fused-ring (bicyclic) bond motifs is 1. The smallest absolute Gasteiger partial charge is 0.192 e. The first-order valence-corrected chi connectivity index (χ1v) is 10.8. The number of hydrogen-bond donors (Lipinski definition) is 0. The Bertz CT molecular complexity index is 1030. The van der Waals surface area contributed by atoms with Crippen LogP contribution >= 0.6 is 11.8 Å². The Labute approximate surface area is 168 Å². The summed E-state index contributed by atoms with van der Waals surface area (Å²) in [5.41, 5.74) is 4.56. The lowest BCUT2D eigenvalue weighted by Gasteiger charge is -2.13. The van der Waals surface area contributed by atoms with Gasteiger partial charge in [-0.25, -0.2) is 0 Å². The van der Waals surface area contributed by atoms with E-state index in [4.69, 9.17) is 0 Å². The second kappa shape index (κ2) is 7.17. The molecule has 0 bridgehead atoms. The highest BCUT2D eigenvalue weighted by Gasteiger charge is 2.31. The molecule has 5 rings (SSSR count). The number of hydrogen-bond acceptors (Lipinski definition) is 5. The van der Waals surface area contributed by atoms with E-state index < -0.39 is 0 Å². The number of carbonyl (C=O) groups excluding carboxylic acids is 1. The van der Waals surface area contributed by atoms with Crippen LogP contribution in [-0.2, 0) is 12.8 Å². The maximum Gasteiger partial charge on any atom is 0.192 e. The van der Waals surface area contributed by atoms with Crippen LogP contribution in [0.3, 0.4) is 0 Å². The third kappa shape index (κ3) is 3.26. The maximum atomic E-state index is 13.0. The molecule has 1 aromatic carbocycles. The molecule has 0 saturated heterocycles. The summed E-state index contributed by atoms with van der Waals surface area (Å²) in [7, 11) is 0. The Morgan fingerprint density at radius 3 is 2.68 bits per heavy atom. The molecule has 2 aromatic heterocycles. The second-order valence-corrected chi connectivity index (χ2v) is 8.91. The van der Waals surface area contributed by atoms with E-state index in [0.717, 1.165) is 47.8 Å². The minimum atomic E-state index is -0.202. The summed E-state index contributed by atoms with van der Waals surface area (Å²) in [6, 6.07) is 10.5. The van der Waals surface area contributed by atoms with Gasteiger partial charge >= 0.3 is 0 Å². The van der Waals surface area contributed by atoms with Gasteiger partial charge in [-0.2, -0.15) is 0 Å². The van der Waals surface area contributed by atoms with Gasteiger partial charge in [-0.1, -0.05) is 23.9 Å². The first kappa shape index (κ1) is 17.6. The lowest BCUT2D eigenvalue weighted by molar-refractivity contribution is 0.0993. The fourth-order valence-corrected chi connectivity index (χ4v) is 4.88. The molecule has 5 nitrogen and oxygen atoms in total. The normalized spacial score (nSPS) is 16.8. The summed E-state index contributed by atoms with van der Waals surface area (Å²) in [4.78, 5) is 17.1. The van der Waals surface area contributed by atoms with Crippen LogP contribution in [-0.4, -0.2) is 30.8 Å². The fraction of sp³-hybridized carbons (Fsp3) is 0.364. The lowest BCUT2D eigenvalue weighted by atomic mass is 10.0. The van der Waals surface area contributed by atoms with Gasteiger partial charge in [0.15, 0.2) is 16.8 Å². The summed E-state index contributed by atoms with van der Waals surface area (Å²) in [6.45, 7) is 1.97. The molecule has 0 aliphatic heterocycles. The Kier molecular flexibility index (Phi) is 4.51. The van der Waals surface area contributed by atoms with Crippen LogP contribution < -0.4 is 0 Å². The highest BCUT2D eigenvalue weighted by atomic mass is 32.2. The van der Waals surface area contributed by atoms with Gasteiger partial charge in [0, 0.05) is 29.6 Å². The molecule has 0 N–H and O–H groups in total. The fourth-order valence-electron chi connectivity index (χ4n) is 3.89. The Hall–Kier alpha value is -2.47. The van der Waals surface area contributed by atoms with Crippen LogP contribution in [0.5, 0.6) is 0 Å². The van der Waals surface area contributed by atoms with Gasteiger partial charge < -0.3 is 0 Å². The Morgan fingerprint density at radius 1 is 1.11 bits per heavy atom. The van der Waals surface area contributed by atoms with Gasteiger partial charge in [0.25, 0.3) is 0 Å². The van der Waals surface area contributed by atoms with Crippen molar-refractivity contribution in [3.8, 4) is 11.4 Å². The van der Waals surface area contributed by atoms with E-state index in [-0.39, 0.29) is 11.0 Å². The van der Waals surface area contributed by atoms with Crippen molar-refractivity contribution in [2.45, 2.75) is 55.5 Å². The highest BCUT2D eigenvalue weighted by molar-refractivity contribution is 8.00. The molecule has 1 fully saturated rings. The van der Waals surface area contributed by atoms with Crippen molar-refractivity contribution in [2.24, 2.45) is 0 Å². The summed E-state index contributed by atoms with van der Waals surface area (Å²) >= 11 is 1.51. The van der Waals surface area contributed by atoms with Crippen molar-refractivity contribution < 1.29 is 4.79 Å². The molecular formula is C22H22N4OS. The highest BCUT2D eigenvalue weighted by Crippen LogP contribution is 2.42. The number of benzene rings is 1. The van der Waals surface area contributed by atoms with E-state index in [0.29, 0.717) is 6.04 Å². The van der Waals surface area contributed by atoms with Crippen LogP contribution in [0, 0.1) is 0 Å². The van der Waals surface area contributed by atoms with Crippen molar-refractivity contribution in [1.29, 1.82) is 0 Å². The van der Waals surface area contributed by atoms with Crippen LogP contribution in [0.15, 0.2) is 47.9 Å². The van der Waals surface area contributed by atoms with E-state index in [1.165, 1.54) is 29.3 Å². The minimum absolute atomic E-state index is 0.163. The predicted molar refractivity (Wildman–Crippen MR) is 110 cm³/mol. The molecule has 2 aliphatic rings. The molecule has 2 heterocycles. The SMILES string of the molecule is C[C@H](Sc1nnc(-c2ccncc2)n1C1CC1)C(=O)c1ccc2c(c1)CCC2. The van der Waals surface area contributed by atoms with Crippen molar-refractivity contribution in [3.63, 3.8) is 0 Å². The molecule has 0 amide bonds. The number of aryl methyl sites for hydroxylation is 2. The van der Waals surface area contributed by atoms with Crippen LogP contribution in [0.1, 0.15) is 53.7 Å². The molecule has 1 atom stereocenters. The van der Waals surface area contributed by atoms with E-state index in [9.17, 15) is 4.79 Å². The van der Waals surface area contributed by atoms with Gasteiger partial charge in [0.05, 0.1) is 5.25 Å². The largest absolute Gasteiger partial charge is 0.299 e. The average Bonchev–Trinajstić information content (AvgIpc) is 3.31. The molecule has 1 saturated carbocycles. The molecular weight excluding hydrogens is 368 g/mol. The maximum absolute atomic E-state index is 13.0. The Balaban J connectivity index is 1.40. The number of carbonyl (C=O) groups is 1. The van der Waals surface area contributed by atoms with Crippen LogP contribution in [0.4, 0.5) is 0 Å². The summed E-state index contributed by atoms with van der Waals surface area (Å²) in [5.74, 6) is 1.03. The molecule has 0 spiro atoms. The second-order valence-electron chi connectivity index (χ2n) is 7.60. The van der Waals surface area contributed by atoms with Crippen LogP contribution in [0.25, 0.3) is 11.4 Å². The van der Waals surface area contributed by atoms with E-state index in [1.54, 1.807) is 12.4 Å². The summed E-state index contributed by atoms with van der Waals surface area (Å²) < 4.78 is 2.20. The zero-order valence-corrected chi connectivity index (χ0v) is 16.7. The van der Waals surface area contributed by atoms with E-state index >= 15 is 0 Å². The third-order valence-electron chi connectivity index (χ3n) is 5.55. The number of nitrogens with zero attached hydrogens (tertiary/aromatic N) is 4. The van der Waals surface area contributed by atoms with Gasteiger partial charge in [0.2, 0.25) is 0 Å². The minimum Gasteiger partial charge on any atom is -0.299 e. The van der Waals surface area contributed by atoms with Gasteiger partial charge in [0.1, 0.15) is 0 Å². The standard InChI is InChI=1S/C22H22N4OS/c1-14(20(27)18-6-5-15-3-2-4-17(15)13-18)28-22-25-24-21(26(22)19-7-8-19)16-9-11-23-12-10-16/h5-6,9-14,19H,2-4,7-8H2,1H3/t14-/m0/s1. The molecule has 6 heteroatoms. The first-order chi connectivity index (χ1) is 13.7. The van der Waals surface area contributed by atoms with Gasteiger partial charge in [-0.3, -0.25) is 14.3 Å². The quantitative estimate of drug-likeness (QED) is 0.457. The number of rotatable bonds is 6. The van der Waals surface area contributed by atoms with Gasteiger partial charge in [-0.05, 0) is 68.4 Å². The molecule has 3 aromatic rings. The van der Waals surface area contributed by atoms with Crippen molar-refractivity contribution >= 4 is 17.5 Å².